The second-order valence-electron chi connectivity index (χ2n) is 5.74. The summed E-state index contributed by atoms with van der Waals surface area (Å²) >= 11 is 0. The van der Waals surface area contributed by atoms with Crippen LogP contribution in [0.15, 0.2) is 47.4 Å². The van der Waals surface area contributed by atoms with Crippen molar-refractivity contribution in [3.63, 3.8) is 0 Å². The van der Waals surface area contributed by atoms with Gasteiger partial charge in [0.2, 0.25) is 10.0 Å². The number of hydrogen-bond donors (Lipinski definition) is 2. The number of aromatic hydroxyl groups is 1. The van der Waals surface area contributed by atoms with E-state index in [2.05, 4.69) is 0 Å². The van der Waals surface area contributed by atoms with Crippen molar-refractivity contribution < 1.29 is 23.4 Å². The van der Waals surface area contributed by atoms with E-state index in [1.54, 1.807) is 36.4 Å². The molecule has 0 bridgehead atoms. The molecule has 2 N–H and O–H groups in total. The van der Waals surface area contributed by atoms with E-state index in [-0.39, 0.29) is 17.1 Å². The van der Waals surface area contributed by atoms with Gasteiger partial charge < -0.3 is 14.9 Å². The molecule has 0 unspecified atom stereocenters. The minimum absolute atomic E-state index is 0.0446. The van der Waals surface area contributed by atoms with E-state index in [0.717, 1.165) is 0 Å². The topological polar surface area (TPSA) is 87.1 Å². The van der Waals surface area contributed by atoms with Crippen molar-refractivity contribution in [2.75, 3.05) is 14.2 Å². The summed E-state index contributed by atoms with van der Waals surface area (Å²) < 4.78 is 31.6. The summed E-state index contributed by atoms with van der Waals surface area (Å²) in [6.45, 7) is 0. The van der Waals surface area contributed by atoms with E-state index >= 15 is 0 Å². The first-order chi connectivity index (χ1) is 11.4. The quantitative estimate of drug-likeness (QED) is 0.880. The maximum atomic E-state index is 12.7. The number of nitrogens with zero attached hydrogens (tertiary/aromatic N) is 1. The molecule has 0 aromatic heterocycles. The van der Waals surface area contributed by atoms with Gasteiger partial charge in [-0.05, 0) is 24.1 Å². The molecule has 2 atom stereocenters. The highest BCUT2D eigenvalue weighted by atomic mass is 32.2. The molecule has 128 valence electrons. The Morgan fingerprint density at radius 3 is 2.58 bits per heavy atom. The number of aliphatic hydroxyl groups excluding tert-OH is 1. The van der Waals surface area contributed by atoms with Crippen molar-refractivity contribution in [3.05, 3.63) is 53.6 Å². The smallest absolute Gasteiger partial charge is 0.243 e. The van der Waals surface area contributed by atoms with Crippen LogP contribution in [0.2, 0.25) is 0 Å². The molecule has 1 aliphatic heterocycles. The summed E-state index contributed by atoms with van der Waals surface area (Å²) in [6.07, 6.45) is -0.825. The molecule has 7 heteroatoms. The second-order valence-corrected chi connectivity index (χ2v) is 7.71. The van der Waals surface area contributed by atoms with Gasteiger partial charge in [-0.25, -0.2) is 8.42 Å². The van der Waals surface area contributed by atoms with Crippen LogP contribution in [0.4, 0.5) is 0 Å². The van der Waals surface area contributed by atoms with E-state index in [1.807, 2.05) is 0 Å². The van der Waals surface area contributed by atoms with Gasteiger partial charge in [-0.1, -0.05) is 30.3 Å². The summed E-state index contributed by atoms with van der Waals surface area (Å²) in [6, 6.07) is 10.7. The van der Waals surface area contributed by atoms with E-state index < -0.39 is 22.2 Å². The number of ether oxygens (including phenoxy) is 1. The highest BCUT2D eigenvalue weighted by Gasteiger charge is 2.41. The third-order valence-electron chi connectivity index (χ3n) is 4.46. The van der Waals surface area contributed by atoms with Gasteiger partial charge in [-0.15, -0.1) is 0 Å². The lowest BCUT2D eigenvalue weighted by molar-refractivity contribution is 0.0888. The van der Waals surface area contributed by atoms with Gasteiger partial charge in [0.25, 0.3) is 0 Å². The molecule has 0 saturated carbocycles. The lowest BCUT2D eigenvalue weighted by Crippen LogP contribution is -2.46. The Morgan fingerprint density at radius 2 is 1.88 bits per heavy atom. The van der Waals surface area contributed by atoms with E-state index in [1.165, 1.54) is 24.5 Å². The van der Waals surface area contributed by atoms with Crippen molar-refractivity contribution in [1.82, 2.24) is 4.31 Å². The molecule has 0 spiro atoms. The van der Waals surface area contributed by atoms with E-state index in [4.69, 9.17) is 4.74 Å². The van der Waals surface area contributed by atoms with Crippen molar-refractivity contribution in [2.45, 2.75) is 23.5 Å². The molecule has 0 aliphatic carbocycles. The van der Waals surface area contributed by atoms with Gasteiger partial charge in [0.15, 0.2) is 11.5 Å². The van der Waals surface area contributed by atoms with Crippen molar-refractivity contribution in [2.24, 2.45) is 0 Å². The molecule has 3 rings (SSSR count). The number of benzene rings is 2. The van der Waals surface area contributed by atoms with Crippen LogP contribution in [0.25, 0.3) is 0 Å². The average molecular weight is 349 g/mol. The van der Waals surface area contributed by atoms with Gasteiger partial charge >= 0.3 is 0 Å². The zero-order valence-electron chi connectivity index (χ0n) is 13.4. The summed E-state index contributed by atoms with van der Waals surface area (Å²) in [5.74, 6) is 0.264. The van der Waals surface area contributed by atoms with Crippen LogP contribution in [0.3, 0.4) is 0 Å². The Labute approximate surface area is 141 Å². The Balaban J connectivity index is 2.04. The molecule has 24 heavy (non-hydrogen) atoms. The molecule has 6 nitrogen and oxygen atoms in total. The zero-order chi connectivity index (χ0) is 17.5. The minimum atomic E-state index is -3.69. The van der Waals surface area contributed by atoms with Crippen LogP contribution < -0.4 is 4.74 Å². The molecule has 2 aromatic rings. The number of phenolic OH excluding ortho intramolecular Hbond substituents is 1. The van der Waals surface area contributed by atoms with Crippen molar-refractivity contribution in [3.8, 4) is 11.5 Å². The fraction of sp³-hybridized carbons (Fsp3) is 0.294. The maximum absolute atomic E-state index is 12.7. The largest absolute Gasteiger partial charge is 0.504 e. The van der Waals surface area contributed by atoms with Gasteiger partial charge in [0, 0.05) is 12.6 Å². The van der Waals surface area contributed by atoms with Gasteiger partial charge in [0.05, 0.1) is 24.2 Å². The first-order valence-electron chi connectivity index (χ1n) is 7.47. The monoisotopic (exact) mass is 349 g/mol. The average Bonchev–Trinajstić information content (AvgIpc) is 2.58. The lowest BCUT2D eigenvalue weighted by Gasteiger charge is -2.37. The lowest BCUT2D eigenvalue weighted by atomic mass is 9.95. The highest BCUT2D eigenvalue weighted by molar-refractivity contribution is 7.89. The number of methoxy groups -OCH3 is 1. The predicted octanol–water partition coefficient (Wildman–Crippen LogP) is 1.68. The molecule has 0 radical (unpaired) electrons. The van der Waals surface area contributed by atoms with Crippen LogP contribution in [0.1, 0.15) is 17.2 Å². The molecule has 0 amide bonds. The number of aliphatic hydroxyl groups is 1. The fourth-order valence-electron chi connectivity index (χ4n) is 3.06. The first kappa shape index (κ1) is 16.8. The molecular formula is C17H19NO5S. The van der Waals surface area contributed by atoms with Gasteiger partial charge in [-0.2, -0.15) is 4.31 Å². The van der Waals surface area contributed by atoms with Gasteiger partial charge in [0.1, 0.15) is 0 Å². The third-order valence-corrected chi connectivity index (χ3v) is 6.41. The van der Waals surface area contributed by atoms with Crippen molar-refractivity contribution >= 4 is 10.0 Å². The molecular weight excluding hydrogens is 330 g/mol. The number of para-hydroxylation sites is 1. The van der Waals surface area contributed by atoms with Gasteiger partial charge in [-0.3, -0.25) is 0 Å². The predicted molar refractivity (Wildman–Crippen MR) is 88.5 cm³/mol. The molecule has 2 aromatic carbocycles. The van der Waals surface area contributed by atoms with E-state index in [0.29, 0.717) is 16.9 Å². The molecule has 1 heterocycles. The standard InChI is InChI=1S/C17H19NO5S/c1-18-13(10-11-6-5-8-14(23-2)16(11)19)17(20)12-7-3-4-9-15(12)24(18,21)22/h3-9,13,17,19-20H,10H2,1-2H3/t13-,17-/m0/s1. The van der Waals surface area contributed by atoms with Crippen molar-refractivity contribution in [1.29, 1.82) is 0 Å². The summed E-state index contributed by atoms with van der Waals surface area (Å²) in [5.41, 5.74) is 0.891. The second kappa shape index (κ2) is 6.08. The Bertz CT molecular complexity index is 865. The fourth-order valence-corrected chi connectivity index (χ4v) is 4.66. The van der Waals surface area contributed by atoms with Crippen LogP contribution in [0.5, 0.6) is 11.5 Å². The molecule has 1 aliphatic rings. The number of hydrogen-bond acceptors (Lipinski definition) is 5. The normalized spacial score (nSPS) is 22.8. The van der Waals surface area contributed by atoms with Crippen LogP contribution in [0, 0.1) is 0 Å². The number of sulfonamides is 1. The Hall–Kier alpha value is -2.09. The molecule has 0 fully saturated rings. The van der Waals surface area contributed by atoms with Crippen LogP contribution >= 0.6 is 0 Å². The summed E-state index contributed by atoms with van der Waals surface area (Å²) in [4.78, 5) is 0.117. The summed E-state index contributed by atoms with van der Waals surface area (Å²) in [7, 11) is -0.805. The first-order valence-corrected chi connectivity index (χ1v) is 8.91. The number of phenols is 1. The van der Waals surface area contributed by atoms with E-state index in [9.17, 15) is 18.6 Å². The van der Waals surface area contributed by atoms with Crippen LogP contribution in [-0.2, 0) is 16.4 Å². The maximum Gasteiger partial charge on any atom is 0.243 e. The Morgan fingerprint density at radius 1 is 1.17 bits per heavy atom. The Kier molecular flexibility index (Phi) is 4.25. The number of rotatable bonds is 3. The number of fused-ring (bicyclic) bond motifs is 1. The summed E-state index contributed by atoms with van der Waals surface area (Å²) in [5, 5.41) is 20.9. The SMILES string of the molecule is COc1cccc(C[C@H]2[C@@H](O)c3ccccc3S(=O)(=O)N2C)c1O. The minimum Gasteiger partial charge on any atom is -0.504 e. The van der Waals surface area contributed by atoms with Crippen LogP contribution in [-0.4, -0.2) is 43.1 Å². The molecule has 0 saturated heterocycles. The highest BCUT2D eigenvalue weighted by Crippen LogP contribution is 2.39. The number of likely N-dealkylation sites (N-methyl/N-ethyl adjacent to an activating group) is 1. The third kappa shape index (κ3) is 2.54. The zero-order valence-corrected chi connectivity index (χ0v) is 14.2.